The van der Waals surface area contributed by atoms with Crippen molar-refractivity contribution in [3.05, 3.63) is 0 Å². The van der Waals surface area contributed by atoms with E-state index in [4.69, 9.17) is 5.73 Å². The highest BCUT2D eigenvalue weighted by atomic mass is 16.7. The van der Waals surface area contributed by atoms with Crippen LogP contribution in [-0.4, -0.2) is 12.1 Å². The van der Waals surface area contributed by atoms with E-state index in [1.54, 1.807) is 13.8 Å². The van der Waals surface area contributed by atoms with Crippen molar-refractivity contribution in [1.82, 2.24) is 5.48 Å². The Morgan fingerprint density at radius 2 is 2.44 bits per heavy atom. The lowest BCUT2D eigenvalue weighted by Gasteiger charge is -2.06. The number of hydrogen-bond acceptors (Lipinski definition) is 4. The number of nitrogens with one attached hydrogen (secondary N) is 1. The van der Waals surface area contributed by atoms with Gasteiger partial charge in [0.25, 0.3) is 0 Å². The topological polar surface area (TPSA) is 64.3 Å². The first-order valence-corrected chi connectivity index (χ1v) is 2.87. The Bertz CT molecular complexity index is 93.0. The largest absolute Gasteiger partial charge is 0.369 e. The summed E-state index contributed by atoms with van der Waals surface area (Å²) in [6, 6.07) is 0. The van der Waals surface area contributed by atoms with Crippen molar-refractivity contribution < 1.29 is 9.63 Å². The molecule has 0 saturated carbocycles. The summed E-state index contributed by atoms with van der Waals surface area (Å²) in [5.41, 5.74) is 7.53. The second kappa shape index (κ2) is 4.29. The van der Waals surface area contributed by atoms with E-state index in [2.05, 4.69) is 10.3 Å². The van der Waals surface area contributed by atoms with Crippen LogP contribution >= 0.6 is 0 Å². The van der Waals surface area contributed by atoms with Crippen LogP contribution in [0.1, 0.15) is 20.3 Å². The summed E-state index contributed by atoms with van der Waals surface area (Å²) in [5.74, 6) is -0.299. The molecule has 0 heterocycles. The van der Waals surface area contributed by atoms with Crippen LogP contribution in [0.4, 0.5) is 0 Å². The molecule has 0 aliphatic heterocycles. The van der Waals surface area contributed by atoms with Gasteiger partial charge in [-0.15, -0.1) is 5.48 Å². The summed E-state index contributed by atoms with van der Waals surface area (Å²) in [4.78, 5) is 14.8. The molecule has 0 saturated heterocycles. The van der Waals surface area contributed by atoms with Crippen LogP contribution in [-0.2, 0) is 9.63 Å². The normalized spacial score (nSPS) is 12.8. The molecule has 0 amide bonds. The number of rotatable bonds is 3. The first-order chi connectivity index (χ1) is 4.16. The molecule has 3 N–H and O–H groups in total. The van der Waals surface area contributed by atoms with Crippen molar-refractivity contribution >= 4 is 5.97 Å². The van der Waals surface area contributed by atoms with E-state index < -0.39 is 0 Å². The molecule has 0 fully saturated rings. The van der Waals surface area contributed by atoms with E-state index in [0.717, 1.165) is 0 Å². The molecule has 1 atom stereocenters. The van der Waals surface area contributed by atoms with E-state index in [0.29, 0.717) is 6.42 Å². The number of carbonyl (C=O) groups is 1. The van der Waals surface area contributed by atoms with Crippen LogP contribution in [0.5, 0.6) is 0 Å². The van der Waals surface area contributed by atoms with E-state index in [-0.39, 0.29) is 12.1 Å². The summed E-state index contributed by atoms with van der Waals surface area (Å²) < 4.78 is 0. The third kappa shape index (κ3) is 5.26. The summed E-state index contributed by atoms with van der Waals surface area (Å²) >= 11 is 0. The quantitative estimate of drug-likeness (QED) is 0.410. The van der Waals surface area contributed by atoms with Gasteiger partial charge >= 0.3 is 5.97 Å². The second-order valence-electron chi connectivity index (χ2n) is 1.73. The highest BCUT2D eigenvalue weighted by Gasteiger charge is 1.97. The monoisotopic (exact) mass is 132 g/mol. The third-order valence-electron chi connectivity index (χ3n) is 0.647. The van der Waals surface area contributed by atoms with E-state index >= 15 is 0 Å². The first kappa shape index (κ1) is 8.39. The van der Waals surface area contributed by atoms with Gasteiger partial charge in [-0.1, -0.05) is 6.92 Å². The van der Waals surface area contributed by atoms with Gasteiger partial charge in [-0.2, -0.15) is 0 Å². The molecule has 0 aliphatic rings. The van der Waals surface area contributed by atoms with Gasteiger partial charge in [0.15, 0.2) is 0 Å². The SMILES string of the molecule is CCC(=O)ONC(C)N. The highest BCUT2D eigenvalue weighted by molar-refractivity contribution is 5.68. The molecular formula is C5H12N2O2. The predicted molar refractivity (Wildman–Crippen MR) is 33.2 cm³/mol. The maximum absolute atomic E-state index is 10.4. The molecule has 4 nitrogen and oxygen atoms in total. The maximum Gasteiger partial charge on any atom is 0.324 e. The minimum Gasteiger partial charge on any atom is -0.369 e. The van der Waals surface area contributed by atoms with Gasteiger partial charge in [0, 0.05) is 6.42 Å². The predicted octanol–water partition coefficient (Wildman–Crippen LogP) is -0.251. The van der Waals surface area contributed by atoms with Crippen molar-refractivity contribution in [2.75, 3.05) is 0 Å². The smallest absolute Gasteiger partial charge is 0.324 e. The van der Waals surface area contributed by atoms with Gasteiger partial charge in [0.2, 0.25) is 0 Å². The minimum absolute atomic E-state index is 0.299. The summed E-state index contributed by atoms with van der Waals surface area (Å²) in [6.45, 7) is 3.40. The molecule has 54 valence electrons. The number of hydrogen-bond donors (Lipinski definition) is 2. The fraction of sp³-hybridized carbons (Fsp3) is 0.800. The Balaban J connectivity index is 3.17. The van der Waals surface area contributed by atoms with Crippen LogP contribution in [0, 0.1) is 0 Å². The Kier molecular flexibility index (Phi) is 4.00. The lowest BCUT2D eigenvalue weighted by molar-refractivity contribution is -0.152. The fourth-order valence-corrected chi connectivity index (χ4v) is 0.231. The van der Waals surface area contributed by atoms with Crippen LogP contribution in [0.2, 0.25) is 0 Å². The van der Waals surface area contributed by atoms with Gasteiger partial charge in [-0.05, 0) is 6.92 Å². The molecule has 0 spiro atoms. The number of hydroxylamine groups is 1. The Labute approximate surface area is 54.3 Å². The Hall–Kier alpha value is -0.610. The molecule has 4 heteroatoms. The highest BCUT2D eigenvalue weighted by Crippen LogP contribution is 1.79. The molecule has 0 bridgehead atoms. The van der Waals surface area contributed by atoms with Crippen LogP contribution in [0.25, 0.3) is 0 Å². The molecule has 0 aromatic rings. The Morgan fingerprint density at radius 1 is 1.89 bits per heavy atom. The van der Waals surface area contributed by atoms with E-state index in [9.17, 15) is 4.79 Å². The molecule has 0 rings (SSSR count). The van der Waals surface area contributed by atoms with Gasteiger partial charge in [-0.25, -0.2) is 0 Å². The van der Waals surface area contributed by atoms with Crippen molar-refractivity contribution in [2.24, 2.45) is 5.73 Å². The summed E-state index contributed by atoms with van der Waals surface area (Å²) in [7, 11) is 0. The second-order valence-corrected chi connectivity index (χ2v) is 1.73. The van der Waals surface area contributed by atoms with Crippen molar-refractivity contribution in [3.8, 4) is 0 Å². The molecular weight excluding hydrogens is 120 g/mol. The van der Waals surface area contributed by atoms with Gasteiger partial charge in [0.1, 0.15) is 0 Å². The van der Waals surface area contributed by atoms with E-state index in [1.807, 2.05) is 0 Å². The van der Waals surface area contributed by atoms with Crippen LogP contribution < -0.4 is 11.2 Å². The average molecular weight is 132 g/mol. The minimum atomic E-state index is -0.305. The fourth-order valence-electron chi connectivity index (χ4n) is 0.231. The number of carbonyl (C=O) groups excluding carboxylic acids is 1. The maximum atomic E-state index is 10.4. The lowest BCUT2D eigenvalue weighted by Crippen LogP contribution is -2.35. The zero-order valence-corrected chi connectivity index (χ0v) is 5.68. The third-order valence-corrected chi connectivity index (χ3v) is 0.647. The van der Waals surface area contributed by atoms with Crippen molar-refractivity contribution in [1.29, 1.82) is 0 Å². The van der Waals surface area contributed by atoms with Gasteiger partial charge in [0.05, 0.1) is 6.17 Å². The van der Waals surface area contributed by atoms with E-state index in [1.165, 1.54) is 0 Å². The Morgan fingerprint density at radius 3 is 2.78 bits per heavy atom. The van der Waals surface area contributed by atoms with Crippen molar-refractivity contribution in [2.45, 2.75) is 26.4 Å². The van der Waals surface area contributed by atoms with Crippen LogP contribution in [0.3, 0.4) is 0 Å². The molecule has 0 radical (unpaired) electrons. The zero-order valence-electron chi connectivity index (χ0n) is 5.68. The molecule has 0 aromatic heterocycles. The average Bonchev–Trinajstić information content (AvgIpc) is 1.83. The standard InChI is InChI=1S/C5H12N2O2/c1-3-5(8)9-7-4(2)6/h4,7H,3,6H2,1-2H3. The van der Waals surface area contributed by atoms with Crippen molar-refractivity contribution in [3.63, 3.8) is 0 Å². The summed E-state index contributed by atoms with van der Waals surface area (Å²) in [6.07, 6.45) is 0.0557. The first-order valence-electron chi connectivity index (χ1n) is 2.87. The molecule has 1 unspecified atom stereocenters. The molecule has 0 aliphatic carbocycles. The summed E-state index contributed by atoms with van der Waals surface area (Å²) in [5, 5.41) is 0. The molecule has 0 aromatic carbocycles. The lowest BCUT2D eigenvalue weighted by atomic mass is 10.5. The molecule has 9 heavy (non-hydrogen) atoms. The zero-order chi connectivity index (χ0) is 7.28. The van der Waals surface area contributed by atoms with Gasteiger partial charge < -0.3 is 10.6 Å². The van der Waals surface area contributed by atoms with Gasteiger partial charge in [-0.3, -0.25) is 4.79 Å². The number of nitrogens with two attached hydrogens (primary N) is 1. The van der Waals surface area contributed by atoms with Crippen LogP contribution in [0.15, 0.2) is 0 Å².